The molecule has 1 heterocycles. The Morgan fingerprint density at radius 1 is 0.920 bits per heavy atom. The summed E-state index contributed by atoms with van der Waals surface area (Å²) in [6, 6.07) is 22.8. The summed E-state index contributed by atoms with van der Waals surface area (Å²) in [5.41, 5.74) is 2.02. The molecular formula is C21H16BrN2O+. The standard InChI is InChI=1S/C21H15BrN2O/c22-21-18(10-9-15-5-3-4-8-20(15)21)14-24-13-17-7-2-1-6-16(17)11-19(24)12-23-25/h1-13H,14H2/p+1. The van der Waals surface area contributed by atoms with Gasteiger partial charge in [0.05, 0.1) is 0 Å². The van der Waals surface area contributed by atoms with Gasteiger partial charge in [-0.2, -0.15) is 4.57 Å². The molecule has 1 N–H and O–H groups in total. The van der Waals surface area contributed by atoms with Crippen molar-refractivity contribution in [3.63, 3.8) is 0 Å². The highest BCUT2D eigenvalue weighted by Gasteiger charge is 2.15. The van der Waals surface area contributed by atoms with Gasteiger partial charge in [-0.1, -0.05) is 59.8 Å². The second-order valence-corrected chi connectivity index (χ2v) is 6.75. The molecule has 1 aromatic heterocycles. The Kier molecular flexibility index (Phi) is 4.20. The van der Waals surface area contributed by atoms with Crippen molar-refractivity contribution in [1.82, 2.24) is 0 Å². The van der Waals surface area contributed by atoms with Crippen molar-refractivity contribution in [3.05, 3.63) is 88.7 Å². The van der Waals surface area contributed by atoms with Crippen LogP contribution in [-0.4, -0.2) is 11.4 Å². The molecule has 0 unspecified atom stereocenters. The van der Waals surface area contributed by atoms with Gasteiger partial charge >= 0.3 is 0 Å². The molecule has 0 bridgehead atoms. The quantitative estimate of drug-likeness (QED) is 0.229. The van der Waals surface area contributed by atoms with E-state index in [1.54, 1.807) is 0 Å². The molecule has 122 valence electrons. The molecular weight excluding hydrogens is 376 g/mol. The number of hydrogen-bond donors (Lipinski definition) is 1. The molecule has 4 heteroatoms. The molecule has 25 heavy (non-hydrogen) atoms. The second kappa shape index (κ2) is 6.65. The zero-order valence-electron chi connectivity index (χ0n) is 13.4. The fraction of sp³-hybridized carbons (Fsp3) is 0.0476. The van der Waals surface area contributed by atoms with E-state index >= 15 is 0 Å². The Morgan fingerprint density at radius 2 is 1.64 bits per heavy atom. The molecule has 3 nitrogen and oxygen atoms in total. The third kappa shape index (κ3) is 3.01. The minimum atomic E-state index is 0.678. The van der Waals surface area contributed by atoms with Gasteiger partial charge in [-0.05, 0) is 38.2 Å². The Balaban J connectivity index is 1.85. The molecule has 0 saturated carbocycles. The van der Waals surface area contributed by atoms with Crippen LogP contribution in [0.15, 0.2) is 82.6 Å². The number of fused-ring (bicyclic) bond motifs is 2. The molecule has 0 aliphatic rings. The summed E-state index contributed by atoms with van der Waals surface area (Å²) in [7, 11) is 0. The van der Waals surface area contributed by atoms with Crippen LogP contribution in [0.1, 0.15) is 11.3 Å². The van der Waals surface area contributed by atoms with Gasteiger partial charge in [0, 0.05) is 21.5 Å². The van der Waals surface area contributed by atoms with E-state index in [2.05, 4.69) is 68.2 Å². The summed E-state index contributed by atoms with van der Waals surface area (Å²) in [6.07, 6.45) is 3.56. The monoisotopic (exact) mass is 391 g/mol. The second-order valence-electron chi connectivity index (χ2n) is 5.96. The van der Waals surface area contributed by atoms with Crippen LogP contribution in [0, 0.1) is 0 Å². The lowest BCUT2D eigenvalue weighted by molar-refractivity contribution is -0.687. The number of hydrogen-bond acceptors (Lipinski definition) is 2. The van der Waals surface area contributed by atoms with Crippen molar-refractivity contribution in [2.24, 2.45) is 5.16 Å². The van der Waals surface area contributed by atoms with E-state index < -0.39 is 0 Å². The van der Waals surface area contributed by atoms with Crippen LogP contribution in [0.25, 0.3) is 21.5 Å². The molecule has 0 spiro atoms. The van der Waals surface area contributed by atoms with E-state index in [-0.39, 0.29) is 0 Å². The first-order valence-corrected chi connectivity index (χ1v) is 8.81. The molecule has 0 saturated heterocycles. The number of aromatic nitrogens is 1. The van der Waals surface area contributed by atoms with Gasteiger partial charge in [0.15, 0.2) is 12.7 Å². The summed E-state index contributed by atoms with van der Waals surface area (Å²) in [5, 5.41) is 16.9. The minimum Gasteiger partial charge on any atom is -0.411 e. The SMILES string of the molecule is O/N=C/c1cc2ccccc2c[n+]1Cc1ccc2ccccc2c1Br. The Labute approximate surface area is 154 Å². The smallest absolute Gasteiger partial charge is 0.227 e. The number of nitrogens with zero attached hydrogens (tertiary/aromatic N) is 2. The van der Waals surface area contributed by atoms with E-state index in [0.717, 1.165) is 20.9 Å². The van der Waals surface area contributed by atoms with E-state index in [1.165, 1.54) is 22.6 Å². The minimum absolute atomic E-state index is 0.678. The summed E-state index contributed by atoms with van der Waals surface area (Å²) in [5.74, 6) is 0. The summed E-state index contributed by atoms with van der Waals surface area (Å²) < 4.78 is 3.19. The maximum Gasteiger partial charge on any atom is 0.227 e. The molecule has 0 aliphatic carbocycles. The Hall–Kier alpha value is -2.72. The van der Waals surface area contributed by atoms with Crippen molar-refractivity contribution in [2.45, 2.75) is 6.54 Å². The summed E-state index contributed by atoms with van der Waals surface area (Å²) >= 11 is 3.76. The first kappa shape index (κ1) is 15.8. The van der Waals surface area contributed by atoms with Crippen LogP contribution >= 0.6 is 15.9 Å². The molecule has 0 aliphatic heterocycles. The fourth-order valence-electron chi connectivity index (χ4n) is 3.14. The van der Waals surface area contributed by atoms with Gasteiger partial charge in [0.2, 0.25) is 5.69 Å². The highest BCUT2D eigenvalue weighted by Crippen LogP contribution is 2.27. The van der Waals surface area contributed by atoms with Gasteiger partial charge < -0.3 is 5.21 Å². The summed E-state index contributed by atoms with van der Waals surface area (Å²) in [4.78, 5) is 0. The van der Waals surface area contributed by atoms with E-state index in [1.807, 2.05) is 30.3 Å². The number of pyridine rings is 1. The Bertz CT molecular complexity index is 1110. The first-order valence-electron chi connectivity index (χ1n) is 8.02. The number of halogens is 1. The third-order valence-corrected chi connectivity index (χ3v) is 5.34. The zero-order valence-corrected chi connectivity index (χ0v) is 15.0. The maximum atomic E-state index is 9.03. The molecule has 0 radical (unpaired) electrons. The number of oxime groups is 1. The predicted molar refractivity (Wildman–Crippen MR) is 104 cm³/mol. The van der Waals surface area contributed by atoms with Gasteiger partial charge in [-0.15, -0.1) is 0 Å². The van der Waals surface area contributed by atoms with Crippen molar-refractivity contribution in [2.75, 3.05) is 0 Å². The Morgan fingerprint density at radius 3 is 2.44 bits per heavy atom. The molecule has 0 fully saturated rings. The molecule has 4 rings (SSSR count). The molecule has 3 aromatic carbocycles. The molecule has 4 aromatic rings. The van der Waals surface area contributed by atoms with Crippen molar-refractivity contribution in [1.29, 1.82) is 0 Å². The highest BCUT2D eigenvalue weighted by molar-refractivity contribution is 9.10. The van der Waals surface area contributed by atoms with Crippen molar-refractivity contribution in [3.8, 4) is 0 Å². The largest absolute Gasteiger partial charge is 0.411 e. The highest BCUT2D eigenvalue weighted by atomic mass is 79.9. The van der Waals surface area contributed by atoms with Crippen molar-refractivity contribution < 1.29 is 9.77 Å². The van der Waals surface area contributed by atoms with Gasteiger partial charge in [0.25, 0.3) is 0 Å². The first-order chi connectivity index (χ1) is 12.3. The summed E-state index contributed by atoms with van der Waals surface area (Å²) in [6.45, 7) is 0.678. The average Bonchev–Trinajstić information content (AvgIpc) is 2.65. The van der Waals surface area contributed by atoms with Gasteiger partial charge in [-0.25, -0.2) is 0 Å². The average molecular weight is 392 g/mol. The lowest BCUT2D eigenvalue weighted by atomic mass is 10.1. The van der Waals surface area contributed by atoms with Gasteiger partial charge in [-0.3, -0.25) is 0 Å². The van der Waals surface area contributed by atoms with Crippen molar-refractivity contribution >= 4 is 43.7 Å². The van der Waals surface area contributed by atoms with E-state index in [9.17, 15) is 0 Å². The van der Waals surface area contributed by atoms with E-state index in [0.29, 0.717) is 6.54 Å². The third-order valence-electron chi connectivity index (χ3n) is 4.40. The van der Waals surface area contributed by atoms with Crippen LogP contribution in [0.4, 0.5) is 0 Å². The van der Waals surface area contributed by atoms with Crippen LogP contribution < -0.4 is 4.57 Å². The van der Waals surface area contributed by atoms with E-state index in [4.69, 9.17) is 5.21 Å². The fourth-order valence-corrected chi connectivity index (χ4v) is 3.76. The predicted octanol–water partition coefficient (Wildman–Crippen LogP) is 4.90. The van der Waals surface area contributed by atoms with Crippen LogP contribution in [0.5, 0.6) is 0 Å². The molecule has 0 atom stereocenters. The van der Waals surface area contributed by atoms with Crippen LogP contribution in [0.3, 0.4) is 0 Å². The maximum absolute atomic E-state index is 9.03. The number of rotatable bonds is 3. The lowest BCUT2D eigenvalue weighted by Crippen LogP contribution is -2.38. The zero-order chi connectivity index (χ0) is 17.2. The lowest BCUT2D eigenvalue weighted by Gasteiger charge is -2.08. The molecule has 0 amide bonds. The topological polar surface area (TPSA) is 36.5 Å². The van der Waals surface area contributed by atoms with Crippen LogP contribution in [-0.2, 0) is 6.54 Å². The van der Waals surface area contributed by atoms with Crippen LogP contribution in [0.2, 0.25) is 0 Å². The van der Waals surface area contributed by atoms with Gasteiger partial charge in [0.1, 0.15) is 6.21 Å². The number of benzene rings is 3. The normalized spacial score (nSPS) is 11.6.